The van der Waals surface area contributed by atoms with Crippen molar-refractivity contribution in [2.75, 3.05) is 30.3 Å². The molecule has 0 aromatic heterocycles. The molecule has 2 atom stereocenters. The van der Waals surface area contributed by atoms with Crippen LogP contribution in [0.1, 0.15) is 37.8 Å². The average molecular weight is 397 g/mol. The molecule has 154 valence electrons. The number of rotatable bonds is 8. The molecular formula is C23H29FN4O. The van der Waals surface area contributed by atoms with E-state index in [1.54, 1.807) is 12.1 Å². The van der Waals surface area contributed by atoms with Gasteiger partial charge in [0.1, 0.15) is 11.7 Å². The summed E-state index contributed by atoms with van der Waals surface area (Å²) in [6, 6.07) is 10.9. The number of anilines is 2. The first-order valence-electron chi connectivity index (χ1n) is 10.2. The number of nitrogens with one attached hydrogen (secondary N) is 2. The van der Waals surface area contributed by atoms with Gasteiger partial charge in [0.25, 0.3) is 0 Å². The molecule has 6 heteroatoms. The highest BCUT2D eigenvalue weighted by Crippen LogP contribution is 2.34. The molecule has 2 aromatic carbocycles. The first kappa shape index (κ1) is 21.0. The minimum atomic E-state index is -0.710. The maximum Gasteiger partial charge on any atom is 0.237 e. The third-order valence-corrected chi connectivity index (χ3v) is 5.32. The van der Waals surface area contributed by atoms with Crippen molar-refractivity contribution in [3.63, 3.8) is 0 Å². The van der Waals surface area contributed by atoms with Crippen LogP contribution in [0.3, 0.4) is 0 Å². The predicted octanol–water partition coefficient (Wildman–Crippen LogP) is 4.71. The predicted molar refractivity (Wildman–Crippen MR) is 118 cm³/mol. The topological polar surface area (TPSA) is 56.7 Å². The lowest BCUT2D eigenvalue weighted by Crippen LogP contribution is -2.34. The molecule has 0 bridgehead atoms. The zero-order valence-electron chi connectivity index (χ0n) is 17.5. The Morgan fingerprint density at radius 3 is 2.72 bits per heavy atom. The first-order chi connectivity index (χ1) is 13.9. The van der Waals surface area contributed by atoms with Crippen LogP contribution in [0.2, 0.25) is 0 Å². The molecule has 0 spiro atoms. The summed E-state index contributed by atoms with van der Waals surface area (Å²) in [6.07, 6.45) is 1.52. The number of aliphatic imine (C=N–C) groups is 1. The van der Waals surface area contributed by atoms with Crippen molar-refractivity contribution in [3.8, 4) is 0 Å². The molecule has 0 saturated heterocycles. The maximum atomic E-state index is 14.2. The Bertz CT molecular complexity index is 908. The normalized spacial score (nSPS) is 16.9. The largest absolute Gasteiger partial charge is 0.381 e. The van der Waals surface area contributed by atoms with Gasteiger partial charge in [-0.25, -0.2) is 4.39 Å². The summed E-state index contributed by atoms with van der Waals surface area (Å²) >= 11 is 0. The van der Waals surface area contributed by atoms with E-state index in [0.29, 0.717) is 17.3 Å². The van der Waals surface area contributed by atoms with Crippen LogP contribution in [0.25, 0.3) is 0 Å². The Balaban J connectivity index is 1.71. The molecule has 5 nitrogen and oxygen atoms in total. The van der Waals surface area contributed by atoms with Gasteiger partial charge in [0.15, 0.2) is 0 Å². The summed E-state index contributed by atoms with van der Waals surface area (Å²) < 4.78 is 14.2. The van der Waals surface area contributed by atoms with Crippen LogP contribution >= 0.6 is 0 Å². The third-order valence-electron chi connectivity index (χ3n) is 5.32. The van der Waals surface area contributed by atoms with Crippen molar-refractivity contribution in [2.24, 2.45) is 4.99 Å². The van der Waals surface area contributed by atoms with Gasteiger partial charge in [-0.2, -0.15) is 0 Å². The van der Waals surface area contributed by atoms with Gasteiger partial charge in [0, 0.05) is 35.7 Å². The molecule has 0 aliphatic carbocycles. The van der Waals surface area contributed by atoms with Crippen molar-refractivity contribution < 1.29 is 9.18 Å². The lowest BCUT2D eigenvalue weighted by Gasteiger charge is -2.24. The number of aryl methyl sites for hydroxylation is 1. The second-order valence-corrected chi connectivity index (χ2v) is 7.48. The van der Waals surface area contributed by atoms with Crippen molar-refractivity contribution in [2.45, 2.75) is 39.7 Å². The average Bonchev–Trinajstić information content (AvgIpc) is 3.02. The lowest BCUT2D eigenvalue weighted by atomic mass is 10.0. The van der Waals surface area contributed by atoms with Crippen molar-refractivity contribution >= 4 is 29.2 Å². The van der Waals surface area contributed by atoms with Gasteiger partial charge < -0.3 is 15.5 Å². The van der Waals surface area contributed by atoms with Gasteiger partial charge in [0.05, 0.1) is 5.69 Å². The Hall–Kier alpha value is -2.73. The summed E-state index contributed by atoms with van der Waals surface area (Å²) in [5.41, 5.74) is 3.76. The van der Waals surface area contributed by atoms with E-state index < -0.39 is 11.7 Å². The molecule has 29 heavy (non-hydrogen) atoms. The van der Waals surface area contributed by atoms with Gasteiger partial charge in [-0.05, 0) is 62.8 Å². The van der Waals surface area contributed by atoms with Crippen LogP contribution in [0.15, 0.2) is 41.4 Å². The summed E-state index contributed by atoms with van der Waals surface area (Å²) in [6.45, 7) is 11.6. The molecule has 2 unspecified atom stereocenters. The van der Waals surface area contributed by atoms with Crippen molar-refractivity contribution in [3.05, 3.63) is 53.3 Å². The number of nitrogens with zero attached hydrogens (tertiary/aromatic N) is 2. The van der Waals surface area contributed by atoms with E-state index in [2.05, 4.69) is 41.3 Å². The van der Waals surface area contributed by atoms with E-state index in [0.717, 1.165) is 36.6 Å². The molecule has 0 radical (unpaired) electrons. The number of halogens is 1. The van der Waals surface area contributed by atoms with Crippen LogP contribution in [-0.2, 0) is 4.79 Å². The lowest BCUT2D eigenvalue weighted by molar-refractivity contribution is -0.115. The summed E-state index contributed by atoms with van der Waals surface area (Å²) in [5, 5.41) is 6.26. The number of hydrogen-bond donors (Lipinski definition) is 2. The standard InChI is InChI=1S/C23H29FN4O/c1-5-28(6-2)14-16(4)26-20-11-10-17(12-15(20)3)25-13-18-22-19(24)8-7-9-21(22)27-23(18)29/h7-13,16,18,26H,5-6,14H2,1-4H3,(H,27,29). The number of amides is 1. The Kier molecular flexibility index (Phi) is 6.64. The van der Waals surface area contributed by atoms with Crippen LogP contribution in [0.4, 0.5) is 21.5 Å². The molecule has 1 amide bonds. The number of benzene rings is 2. The summed E-state index contributed by atoms with van der Waals surface area (Å²) in [4.78, 5) is 19.0. The van der Waals surface area contributed by atoms with Gasteiger partial charge in [-0.15, -0.1) is 0 Å². The highest BCUT2D eigenvalue weighted by molar-refractivity contribution is 6.12. The monoisotopic (exact) mass is 396 g/mol. The number of fused-ring (bicyclic) bond motifs is 1. The van der Waals surface area contributed by atoms with Gasteiger partial charge in [-0.3, -0.25) is 9.79 Å². The van der Waals surface area contributed by atoms with E-state index in [9.17, 15) is 9.18 Å². The molecule has 1 aliphatic rings. The highest BCUT2D eigenvalue weighted by Gasteiger charge is 2.31. The van der Waals surface area contributed by atoms with Gasteiger partial charge in [0.2, 0.25) is 5.91 Å². The maximum absolute atomic E-state index is 14.2. The van der Waals surface area contributed by atoms with Crippen LogP contribution in [-0.4, -0.2) is 42.7 Å². The van der Waals surface area contributed by atoms with E-state index in [4.69, 9.17) is 0 Å². The Morgan fingerprint density at radius 1 is 1.28 bits per heavy atom. The number of hydrogen-bond acceptors (Lipinski definition) is 4. The fraction of sp³-hybridized carbons (Fsp3) is 0.391. The fourth-order valence-electron chi connectivity index (χ4n) is 3.68. The first-order valence-corrected chi connectivity index (χ1v) is 10.2. The third kappa shape index (κ3) is 4.82. The van der Waals surface area contributed by atoms with E-state index in [1.807, 2.05) is 25.1 Å². The van der Waals surface area contributed by atoms with Crippen molar-refractivity contribution in [1.29, 1.82) is 0 Å². The van der Waals surface area contributed by atoms with Crippen LogP contribution < -0.4 is 10.6 Å². The Morgan fingerprint density at radius 2 is 2.03 bits per heavy atom. The minimum absolute atomic E-state index is 0.255. The number of likely N-dealkylation sites (N-methyl/N-ethyl adjacent to an activating group) is 1. The molecule has 2 N–H and O–H groups in total. The molecule has 1 heterocycles. The molecule has 0 saturated carbocycles. The second-order valence-electron chi connectivity index (χ2n) is 7.48. The molecular weight excluding hydrogens is 367 g/mol. The summed E-state index contributed by atoms with van der Waals surface area (Å²) in [7, 11) is 0. The van der Waals surface area contributed by atoms with E-state index in [-0.39, 0.29) is 5.91 Å². The zero-order valence-corrected chi connectivity index (χ0v) is 17.5. The molecule has 3 rings (SSSR count). The highest BCUT2D eigenvalue weighted by atomic mass is 19.1. The molecule has 0 fully saturated rings. The fourth-order valence-corrected chi connectivity index (χ4v) is 3.68. The second kappa shape index (κ2) is 9.18. The Labute approximate surface area is 172 Å². The summed E-state index contributed by atoms with van der Waals surface area (Å²) in [5.74, 6) is -1.36. The molecule has 1 aliphatic heterocycles. The van der Waals surface area contributed by atoms with Crippen LogP contribution in [0, 0.1) is 12.7 Å². The quantitative estimate of drug-likeness (QED) is 0.635. The van der Waals surface area contributed by atoms with Crippen molar-refractivity contribution in [1.82, 2.24) is 4.90 Å². The zero-order chi connectivity index (χ0) is 21.0. The SMILES string of the molecule is CCN(CC)CC(C)Nc1ccc(N=CC2C(=O)Nc3cccc(F)c32)cc1C. The van der Waals surface area contributed by atoms with Crippen LogP contribution in [0.5, 0.6) is 0 Å². The molecule has 2 aromatic rings. The number of carbonyl (C=O) groups is 1. The smallest absolute Gasteiger partial charge is 0.237 e. The van der Waals surface area contributed by atoms with Gasteiger partial charge >= 0.3 is 0 Å². The van der Waals surface area contributed by atoms with E-state index >= 15 is 0 Å². The van der Waals surface area contributed by atoms with E-state index in [1.165, 1.54) is 12.3 Å². The van der Waals surface area contributed by atoms with Gasteiger partial charge in [-0.1, -0.05) is 19.9 Å². The minimum Gasteiger partial charge on any atom is -0.381 e. The number of carbonyl (C=O) groups excluding carboxylic acids is 1.